The van der Waals surface area contributed by atoms with Crippen LogP contribution in [0.2, 0.25) is 0 Å². The Kier molecular flexibility index (Phi) is 2.77. The summed E-state index contributed by atoms with van der Waals surface area (Å²) in [6.45, 7) is 2.26. The zero-order valence-electron chi connectivity index (χ0n) is 10.9. The van der Waals surface area contributed by atoms with Crippen molar-refractivity contribution in [3.8, 4) is 0 Å². The number of rotatable bonds is 2. The predicted octanol–water partition coefficient (Wildman–Crippen LogP) is 1.10. The molecule has 1 aromatic heterocycles. The maximum atomic E-state index is 12.8. The molecule has 5 heteroatoms. The molecule has 2 heterocycles. The lowest BCUT2D eigenvalue weighted by Gasteiger charge is -2.32. The van der Waals surface area contributed by atoms with Crippen molar-refractivity contribution in [3.63, 3.8) is 0 Å². The van der Waals surface area contributed by atoms with Crippen LogP contribution in [0.3, 0.4) is 0 Å². The molecule has 1 aromatic rings. The van der Waals surface area contributed by atoms with Crippen LogP contribution < -0.4 is 10.2 Å². The van der Waals surface area contributed by atoms with Crippen LogP contribution in [-0.2, 0) is 9.59 Å². The quantitative estimate of drug-likeness (QED) is 0.865. The van der Waals surface area contributed by atoms with Gasteiger partial charge in [-0.3, -0.25) is 14.6 Å². The SMILES string of the molecule is CC1(C2CC2)NC(=O)CCN(c2cccnc2)C1=O. The third-order valence-corrected chi connectivity index (χ3v) is 4.00. The minimum Gasteiger partial charge on any atom is -0.342 e. The van der Waals surface area contributed by atoms with Gasteiger partial charge in [-0.2, -0.15) is 0 Å². The summed E-state index contributed by atoms with van der Waals surface area (Å²) < 4.78 is 0. The first-order chi connectivity index (χ1) is 9.11. The highest BCUT2D eigenvalue weighted by Gasteiger charge is 2.51. The molecule has 3 rings (SSSR count). The van der Waals surface area contributed by atoms with E-state index in [1.165, 1.54) is 0 Å². The Labute approximate surface area is 112 Å². The van der Waals surface area contributed by atoms with Gasteiger partial charge in [0.2, 0.25) is 5.91 Å². The first-order valence-corrected chi connectivity index (χ1v) is 6.64. The Morgan fingerprint density at radius 2 is 2.21 bits per heavy atom. The number of hydrogen-bond acceptors (Lipinski definition) is 3. The molecule has 19 heavy (non-hydrogen) atoms. The van der Waals surface area contributed by atoms with Gasteiger partial charge >= 0.3 is 0 Å². The molecule has 1 saturated carbocycles. The van der Waals surface area contributed by atoms with Crippen LogP contribution in [0.5, 0.6) is 0 Å². The maximum absolute atomic E-state index is 12.8. The molecule has 1 N–H and O–H groups in total. The molecule has 1 unspecified atom stereocenters. The molecule has 0 spiro atoms. The highest BCUT2D eigenvalue weighted by atomic mass is 16.2. The van der Waals surface area contributed by atoms with E-state index in [2.05, 4.69) is 10.3 Å². The van der Waals surface area contributed by atoms with Crippen molar-refractivity contribution in [1.82, 2.24) is 10.3 Å². The van der Waals surface area contributed by atoms with Crippen LogP contribution in [0.1, 0.15) is 26.2 Å². The van der Waals surface area contributed by atoms with E-state index in [1.807, 2.05) is 13.0 Å². The van der Waals surface area contributed by atoms with Crippen LogP contribution >= 0.6 is 0 Å². The highest BCUT2D eigenvalue weighted by Crippen LogP contribution is 2.41. The van der Waals surface area contributed by atoms with E-state index in [0.717, 1.165) is 18.5 Å². The van der Waals surface area contributed by atoms with Gasteiger partial charge in [0.1, 0.15) is 5.54 Å². The number of anilines is 1. The van der Waals surface area contributed by atoms with E-state index in [-0.39, 0.29) is 17.7 Å². The number of hydrogen-bond donors (Lipinski definition) is 1. The summed E-state index contributed by atoms with van der Waals surface area (Å²) in [7, 11) is 0. The van der Waals surface area contributed by atoms with Crippen molar-refractivity contribution < 1.29 is 9.59 Å². The van der Waals surface area contributed by atoms with E-state index < -0.39 is 5.54 Å². The molecule has 2 amide bonds. The standard InChI is InChI=1S/C14H17N3O2/c1-14(10-4-5-10)13(19)17(8-6-12(18)16-14)11-3-2-7-15-9-11/h2-3,7,9-10H,4-6,8H2,1H3,(H,16,18). The topological polar surface area (TPSA) is 62.3 Å². The third kappa shape index (κ3) is 2.09. The molecule has 0 aromatic carbocycles. The second kappa shape index (κ2) is 4.33. The van der Waals surface area contributed by atoms with Crippen LogP contribution in [0.4, 0.5) is 5.69 Å². The molecular weight excluding hydrogens is 242 g/mol. The van der Waals surface area contributed by atoms with Gasteiger partial charge in [0.25, 0.3) is 5.91 Å². The average Bonchev–Trinajstić information content (AvgIpc) is 3.23. The lowest BCUT2D eigenvalue weighted by atomic mass is 9.94. The monoisotopic (exact) mass is 259 g/mol. The second-order valence-corrected chi connectivity index (χ2v) is 5.44. The molecule has 2 fully saturated rings. The van der Waals surface area contributed by atoms with Crippen molar-refractivity contribution in [2.75, 3.05) is 11.4 Å². The molecule has 100 valence electrons. The Bertz CT molecular complexity index is 513. The largest absolute Gasteiger partial charge is 0.342 e. The Hall–Kier alpha value is -1.91. The summed E-state index contributed by atoms with van der Waals surface area (Å²) in [6.07, 6.45) is 5.69. The number of nitrogens with zero attached hydrogens (tertiary/aromatic N) is 2. The molecule has 0 radical (unpaired) electrons. The molecule has 1 aliphatic carbocycles. The Morgan fingerprint density at radius 3 is 2.84 bits per heavy atom. The van der Waals surface area contributed by atoms with Crippen molar-refractivity contribution >= 4 is 17.5 Å². The van der Waals surface area contributed by atoms with Gasteiger partial charge in [-0.1, -0.05) is 0 Å². The fourth-order valence-electron chi connectivity index (χ4n) is 2.70. The highest BCUT2D eigenvalue weighted by molar-refractivity contribution is 6.04. The molecular formula is C14H17N3O2. The first kappa shape index (κ1) is 12.1. The zero-order valence-corrected chi connectivity index (χ0v) is 10.9. The lowest BCUT2D eigenvalue weighted by molar-refractivity contribution is -0.130. The van der Waals surface area contributed by atoms with Crippen LogP contribution in [0, 0.1) is 5.92 Å². The Balaban J connectivity index is 1.96. The average molecular weight is 259 g/mol. The van der Waals surface area contributed by atoms with E-state index in [1.54, 1.807) is 23.4 Å². The van der Waals surface area contributed by atoms with Gasteiger partial charge in [-0.15, -0.1) is 0 Å². The number of nitrogens with one attached hydrogen (secondary N) is 1. The van der Waals surface area contributed by atoms with E-state index in [0.29, 0.717) is 13.0 Å². The van der Waals surface area contributed by atoms with Gasteiger partial charge in [-0.25, -0.2) is 0 Å². The molecule has 2 aliphatic rings. The van der Waals surface area contributed by atoms with Crippen LogP contribution in [-0.4, -0.2) is 28.9 Å². The van der Waals surface area contributed by atoms with Crippen LogP contribution in [0.25, 0.3) is 0 Å². The van der Waals surface area contributed by atoms with E-state index >= 15 is 0 Å². The normalized spacial score (nSPS) is 27.9. The van der Waals surface area contributed by atoms with Gasteiger partial charge in [0.15, 0.2) is 0 Å². The van der Waals surface area contributed by atoms with Crippen LogP contribution in [0.15, 0.2) is 24.5 Å². The first-order valence-electron chi connectivity index (χ1n) is 6.64. The Morgan fingerprint density at radius 1 is 1.42 bits per heavy atom. The number of pyridine rings is 1. The van der Waals surface area contributed by atoms with Crippen molar-refractivity contribution in [3.05, 3.63) is 24.5 Å². The molecule has 5 nitrogen and oxygen atoms in total. The molecule has 1 saturated heterocycles. The summed E-state index contributed by atoms with van der Waals surface area (Å²) in [4.78, 5) is 30.4. The second-order valence-electron chi connectivity index (χ2n) is 5.44. The molecule has 1 atom stereocenters. The number of aromatic nitrogens is 1. The smallest absolute Gasteiger partial charge is 0.252 e. The molecule has 1 aliphatic heterocycles. The zero-order chi connectivity index (χ0) is 13.5. The van der Waals surface area contributed by atoms with Gasteiger partial charge < -0.3 is 10.2 Å². The number of amides is 2. The minimum absolute atomic E-state index is 0.0196. The number of carbonyl (C=O) groups excluding carboxylic acids is 2. The maximum Gasteiger partial charge on any atom is 0.252 e. The predicted molar refractivity (Wildman–Crippen MR) is 70.5 cm³/mol. The van der Waals surface area contributed by atoms with E-state index in [9.17, 15) is 9.59 Å². The summed E-state index contributed by atoms with van der Waals surface area (Å²) >= 11 is 0. The van der Waals surface area contributed by atoms with Gasteiger partial charge in [-0.05, 0) is 37.8 Å². The van der Waals surface area contributed by atoms with Crippen molar-refractivity contribution in [2.24, 2.45) is 5.92 Å². The summed E-state index contributed by atoms with van der Waals surface area (Å²) in [5, 5.41) is 2.92. The van der Waals surface area contributed by atoms with Gasteiger partial charge in [0, 0.05) is 19.2 Å². The molecule has 0 bridgehead atoms. The van der Waals surface area contributed by atoms with Gasteiger partial charge in [0.05, 0.1) is 11.9 Å². The van der Waals surface area contributed by atoms with Crippen molar-refractivity contribution in [2.45, 2.75) is 31.7 Å². The van der Waals surface area contributed by atoms with E-state index in [4.69, 9.17) is 0 Å². The fraction of sp³-hybridized carbons (Fsp3) is 0.500. The third-order valence-electron chi connectivity index (χ3n) is 4.00. The summed E-state index contributed by atoms with van der Waals surface area (Å²) in [5.74, 6) is 0.198. The summed E-state index contributed by atoms with van der Waals surface area (Å²) in [6, 6.07) is 3.66. The van der Waals surface area contributed by atoms with Crippen molar-refractivity contribution in [1.29, 1.82) is 0 Å². The lowest BCUT2D eigenvalue weighted by Crippen LogP contribution is -2.56. The minimum atomic E-state index is -0.760. The number of carbonyl (C=O) groups is 2. The fourth-order valence-corrected chi connectivity index (χ4v) is 2.70. The summed E-state index contributed by atoms with van der Waals surface area (Å²) in [5.41, 5.74) is -0.000422.